The number of anilines is 1. The molecular weight excluding hydrogens is 204 g/mol. The van der Waals surface area contributed by atoms with E-state index in [1.807, 2.05) is 0 Å². The summed E-state index contributed by atoms with van der Waals surface area (Å²) in [5, 5.41) is 11.9. The highest BCUT2D eigenvalue weighted by molar-refractivity contribution is 5.99. The molecule has 1 aromatic carbocycles. The molecule has 1 amide bonds. The van der Waals surface area contributed by atoms with Crippen LogP contribution in [0.2, 0.25) is 0 Å². The Balaban J connectivity index is 2.59. The van der Waals surface area contributed by atoms with Gasteiger partial charge in [0.2, 0.25) is 0 Å². The number of unbranched alkanes of at least 4 members (excludes halogenated alkanes) is 1. The lowest BCUT2D eigenvalue weighted by Gasteiger charge is -2.07. The van der Waals surface area contributed by atoms with Crippen LogP contribution >= 0.6 is 0 Å². The third-order valence-electron chi connectivity index (χ3n) is 2.06. The first-order valence-corrected chi connectivity index (χ1v) is 4.95. The molecule has 84 valence electrons. The number of nitrogens with two attached hydrogens (primary N) is 1. The number of benzene rings is 1. The van der Waals surface area contributed by atoms with Gasteiger partial charge in [-0.05, 0) is 24.6 Å². The van der Waals surface area contributed by atoms with Gasteiger partial charge < -0.3 is 16.2 Å². The molecule has 4 nitrogen and oxygen atoms in total. The molecule has 1 rings (SSSR count). The topological polar surface area (TPSA) is 75.3 Å². The lowest BCUT2D eigenvalue weighted by molar-refractivity contribution is 0.0954. The molecule has 16 heavy (non-hydrogen) atoms. The normalized spacial score (nSPS) is 9.44. The highest BCUT2D eigenvalue weighted by Gasteiger charge is 2.09. The molecule has 0 fully saturated rings. The SMILES string of the molecule is C#CCCCNC(=O)c1cc(O)ccc1N. The highest BCUT2D eigenvalue weighted by atomic mass is 16.3. The van der Waals surface area contributed by atoms with Crippen LogP contribution in [-0.2, 0) is 0 Å². The Hall–Kier alpha value is -2.15. The first kappa shape index (κ1) is 11.9. The molecule has 0 radical (unpaired) electrons. The number of nitrogen functional groups attached to an aromatic ring is 1. The fraction of sp³-hybridized carbons (Fsp3) is 0.250. The van der Waals surface area contributed by atoms with Crippen molar-refractivity contribution in [2.45, 2.75) is 12.8 Å². The molecule has 0 heterocycles. The number of aromatic hydroxyl groups is 1. The number of carbonyl (C=O) groups excluding carboxylic acids is 1. The van der Waals surface area contributed by atoms with Gasteiger partial charge in [0.15, 0.2) is 0 Å². The minimum Gasteiger partial charge on any atom is -0.508 e. The molecule has 0 saturated carbocycles. The van der Waals surface area contributed by atoms with E-state index in [1.165, 1.54) is 18.2 Å². The van der Waals surface area contributed by atoms with Gasteiger partial charge >= 0.3 is 0 Å². The summed E-state index contributed by atoms with van der Waals surface area (Å²) in [6.45, 7) is 0.498. The van der Waals surface area contributed by atoms with E-state index in [4.69, 9.17) is 12.2 Å². The minimum atomic E-state index is -0.301. The Bertz CT molecular complexity index is 422. The minimum absolute atomic E-state index is 0.0166. The lowest BCUT2D eigenvalue weighted by atomic mass is 10.1. The van der Waals surface area contributed by atoms with Gasteiger partial charge in [-0.1, -0.05) is 0 Å². The van der Waals surface area contributed by atoms with Crippen LogP contribution < -0.4 is 11.1 Å². The summed E-state index contributed by atoms with van der Waals surface area (Å²) in [6, 6.07) is 4.27. The average molecular weight is 218 g/mol. The second-order valence-corrected chi connectivity index (χ2v) is 3.34. The van der Waals surface area contributed by atoms with Crippen molar-refractivity contribution < 1.29 is 9.90 Å². The number of phenols is 1. The van der Waals surface area contributed by atoms with Crippen molar-refractivity contribution in [2.24, 2.45) is 0 Å². The number of hydrogen-bond acceptors (Lipinski definition) is 3. The fourth-order valence-corrected chi connectivity index (χ4v) is 1.23. The molecule has 0 bridgehead atoms. The van der Waals surface area contributed by atoms with Crippen LogP contribution in [0.5, 0.6) is 5.75 Å². The maximum atomic E-state index is 11.6. The Morgan fingerprint density at radius 3 is 3.00 bits per heavy atom. The number of hydrogen-bond donors (Lipinski definition) is 3. The van der Waals surface area contributed by atoms with Crippen LogP contribution in [0.15, 0.2) is 18.2 Å². The molecule has 0 saturated heterocycles. The van der Waals surface area contributed by atoms with Gasteiger partial charge in [-0.2, -0.15) is 0 Å². The molecule has 0 atom stereocenters. The zero-order valence-electron chi connectivity index (χ0n) is 8.86. The molecule has 0 spiro atoms. The van der Waals surface area contributed by atoms with Gasteiger partial charge in [0.1, 0.15) is 5.75 Å². The van der Waals surface area contributed by atoms with Crippen molar-refractivity contribution in [3.63, 3.8) is 0 Å². The smallest absolute Gasteiger partial charge is 0.253 e. The van der Waals surface area contributed by atoms with Crippen molar-refractivity contribution in [1.82, 2.24) is 5.32 Å². The average Bonchev–Trinajstić information content (AvgIpc) is 2.27. The summed E-state index contributed by atoms with van der Waals surface area (Å²) < 4.78 is 0. The largest absolute Gasteiger partial charge is 0.508 e. The quantitative estimate of drug-likeness (QED) is 0.307. The summed E-state index contributed by atoms with van der Waals surface area (Å²) in [5.41, 5.74) is 6.23. The Morgan fingerprint density at radius 1 is 1.56 bits per heavy atom. The first-order chi connectivity index (χ1) is 7.65. The van der Waals surface area contributed by atoms with E-state index in [0.717, 1.165) is 6.42 Å². The van der Waals surface area contributed by atoms with Gasteiger partial charge in [0.25, 0.3) is 5.91 Å². The standard InChI is InChI=1S/C12H14N2O2/c1-2-3-4-7-14-12(16)10-8-9(15)5-6-11(10)13/h1,5-6,8,15H,3-4,7,13H2,(H,14,16). The second-order valence-electron chi connectivity index (χ2n) is 3.34. The predicted molar refractivity (Wildman–Crippen MR) is 62.9 cm³/mol. The molecule has 0 unspecified atom stereocenters. The van der Waals surface area contributed by atoms with Crippen molar-refractivity contribution in [1.29, 1.82) is 0 Å². The van der Waals surface area contributed by atoms with E-state index in [9.17, 15) is 9.90 Å². The van der Waals surface area contributed by atoms with E-state index >= 15 is 0 Å². The molecule has 0 aliphatic rings. The Morgan fingerprint density at radius 2 is 2.31 bits per heavy atom. The molecule has 4 N–H and O–H groups in total. The molecule has 0 aliphatic carbocycles. The summed E-state index contributed by atoms with van der Waals surface area (Å²) in [4.78, 5) is 11.6. The molecule has 0 aromatic heterocycles. The van der Waals surface area contributed by atoms with Gasteiger partial charge in [-0.15, -0.1) is 12.3 Å². The Kier molecular flexibility index (Phi) is 4.22. The molecule has 4 heteroatoms. The van der Waals surface area contributed by atoms with Crippen LogP contribution in [0, 0.1) is 12.3 Å². The van der Waals surface area contributed by atoms with E-state index < -0.39 is 0 Å². The van der Waals surface area contributed by atoms with Crippen LogP contribution in [0.3, 0.4) is 0 Å². The van der Waals surface area contributed by atoms with Crippen molar-refractivity contribution >= 4 is 11.6 Å². The summed E-state index contributed by atoms with van der Waals surface area (Å²) in [5.74, 6) is 2.20. The van der Waals surface area contributed by atoms with E-state index in [1.54, 1.807) is 0 Å². The fourth-order valence-electron chi connectivity index (χ4n) is 1.23. The molecular formula is C12H14N2O2. The number of carbonyl (C=O) groups is 1. The van der Waals surface area contributed by atoms with Crippen LogP contribution in [0.4, 0.5) is 5.69 Å². The summed E-state index contributed by atoms with van der Waals surface area (Å²) in [7, 11) is 0. The van der Waals surface area contributed by atoms with Crippen LogP contribution in [0.1, 0.15) is 23.2 Å². The lowest BCUT2D eigenvalue weighted by Crippen LogP contribution is -2.25. The molecule has 0 aliphatic heterocycles. The number of nitrogens with one attached hydrogen (secondary N) is 1. The third kappa shape index (κ3) is 3.21. The van der Waals surface area contributed by atoms with Gasteiger partial charge in [-0.3, -0.25) is 4.79 Å². The number of terminal acetylenes is 1. The number of rotatable bonds is 4. The molecule has 1 aromatic rings. The van der Waals surface area contributed by atoms with Crippen molar-refractivity contribution in [3.05, 3.63) is 23.8 Å². The second kappa shape index (κ2) is 5.66. The van der Waals surface area contributed by atoms with E-state index in [0.29, 0.717) is 18.7 Å². The maximum absolute atomic E-state index is 11.6. The monoisotopic (exact) mass is 218 g/mol. The van der Waals surface area contributed by atoms with Gasteiger partial charge in [-0.25, -0.2) is 0 Å². The Labute approximate surface area is 94.5 Å². The van der Waals surface area contributed by atoms with Crippen molar-refractivity contribution in [2.75, 3.05) is 12.3 Å². The third-order valence-corrected chi connectivity index (χ3v) is 2.06. The van der Waals surface area contributed by atoms with Crippen LogP contribution in [0.25, 0.3) is 0 Å². The summed E-state index contributed by atoms with van der Waals surface area (Å²) in [6.07, 6.45) is 6.43. The predicted octanol–water partition coefficient (Wildman–Crippen LogP) is 1.12. The number of phenolic OH excluding ortho intramolecular Hbond substituents is 1. The maximum Gasteiger partial charge on any atom is 0.253 e. The number of amides is 1. The van der Waals surface area contributed by atoms with Gasteiger partial charge in [0, 0.05) is 18.7 Å². The highest BCUT2D eigenvalue weighted by Crippen LogP contribution is 2.18. The van der Waals surface area contributed by atoms with E-state index in [2.05, 4.69) is 11.2 Å². The van der Waals surface area contributed by atoms with Crippen LogP contribution in [-0.4, -0.2) is 17.6 Å². The summed E-state index contributed by atoms with van der Waals surface area (Å²) >= 11 is 0. The van der Waals surface area contributed by atoms with Crippen molar-refractivity contribution in [3.8, 4) is 18.1 Å². The first-order valence-electron chi connectivity index (χ1n) is 4.95. The van der Waals surface area contributed by atoms with Gasteiger partial charge in [0.05, 0.1) is 5.56 Å². The van der Waals surface area contributed by atoms with E-state index in [-0.39, 0.29) is 17.2 Å². The zero-order valence-corrected chi connectivity index (χ0v) is 8.86. The zero-order chi connectivity index (χ0) is 12.0.